The van der Waals surface area contributed by atoms with Crippen LogP contribution in [0.5, 0.6) is 5.06 Å². The fourth-order valence-electron chi connectivity index (χ4n) is 4.87. The van der Waals surface area contributed by atoms with Crippen molar-refractivity contribution >= 4 is 55.8 Å². The third-order valence-corrected chi connectivity index (χ3v) is 7.83. The van der Waals surface area contributed by atoms with E-state index in [1.54, 1.807) is 11.3 Å². The van der Waals surface area contributed by atoms with Crippen LogP contribution in [0.1, 0.15) is 25.0 Å². The molecule has 0 atom stereocenters. The van der Waals surface area contributed by atoms with Gasteiger partial charge in [-0.1, -0.05) is 53.3 Å². The van der Waals surface area contributed by atoms with Gasteiger partial charge in [-0.2, -0.15) is 4.98 Å². The molecule has 0 bridgehead atoms. The summed E-state index contributed by atoms with van der Waals surface area (Å²) >= 11 is 7.82. The second-order valence-electron chi connectivity index (χ2n) is 9.82. The lowest BCUT2D eigenvalue weighted by Crippen LogP contribution is -2.37. The van der Waals surface area contributed by atoms with Crippen molar-refractivity contribution in [1.82, 2.24) is 20.0 Å². The van der Waals surface area contributed by atoms with E-state index in [0.29, 0.717) is 25.7 Å². The first kappa shape index (κ1) is 25.9. The van der Waals surface area contributed by atoms with Crippen molar-refractivity contribution in [2.75, 3.05) is 36.6 Å². The number of morpholine rings is 1. The van der Waals surface area contributed by atoms with Crippen LogP contribution in [0.15, 0.2) is 60.8 Å². The van der Waals surface area contributed by atoms with Crippen LogP contribution >= 0.6 is 22.9 Å². The molecule has 0 aliphatic carbocycles. The largest absolute Gasteiger partial charge is 0.481 e. The summed E-state index contributed by atoms with van der Waals surface area (Å²) in [5, 5.41) is 2.80. The lowest BCUT2D eigenvalue weighted by molar-refractivity contribution is 0.122. The van der Waals surface area contributed by atoms with Crippen LogP contribution in [0.3, 0.4) is 0 Å². The van der Waals surface area contributed by atoms with Gasteiger partial charge in [0.2, 0.25) is 5.95 Å². The zero-order chi connectivity index (χ0) is 26.8. The number of thiophene rings is 1. The summed E-state index contributed by atoms with van der Waals surface area (Å²) in [7, 11) is 0. The van der Waals surface area contributed by atoms with Crippen molar-refractivity contribution in [3.63, 3.8) is 0 Å². The number of anilines is 2. The summed E-state index contributed by atoms with van der Waals surface area (Å²) in [4.78, 5) is 12.0. The number of para-hydroxylation sites is 1. The Morgan fingerprint density at radius 3 is 2.74 bits per heavy atom. The van der Waals surface area contributed by atoms with Crippen molar-refractivity contribution in [3.8, 4) is 5.06 Å². The second-order valence-corrected chi connectivity index (χ2v) is 11.3. The van der Waals surface area contributed by atoms with E-state index < -0.39 is 0 Å². The Kier molecular flexibility index (Phi) is 7.56. The molecule has 10 heteroatoms. The second kappa shape index (κ2) is 11.4. The molecular formula is C29H31ClN6O2S. The summed E-state index contributed by atoms with van der Waals surface area (Å²) in [5.41, 5.74) is 11.0. The van der Waals surface area contributed by atoms with Gasteiger partial charge < -0.3 is 18.9 Å². The molecule has 5 aromatic rings. The molecule has 2 N–H and O–H groups in total. The summed E-state index contributed by atoms with van der Waals surface area (Å²) in [6.07, 6.45) is 2.29. The van der Waals surface area contributed by atoms with Gasteiger partial charge in [0.05, 0.1) is 29.5 Å². The normalized spacial score (nSPS) is 14.0. The molecule has 1 saturated heterocycles. The molecule has 0 unspecified atom stereocenters. The molecule has 3 aromatic heterocycles. The van der Waals surface area contributed by atoms with Crippen molar-refractivity contribution < 1.29 is 9.47 Å². The van der Waals surface area contributed by atoms with E-state index in [-0.39, 0.29) is 6.10 Å². The number of ether oxygens (including phenoxy) is 2. The average Bonchev–Trinajstić information content (AvgIpc) is 3.49. The van der Waals surface area contributed by atoms with Gasteiger partial charge in [-0.25, -0.2) is 10.4 Å². The molecule has 1 aliphatic heterocycles. The van der Waals surface area contributed by atoms with Gasteiger partial charge in [0.1, 0.15) is 0 Å². The number of nitrogens with zero attached hydrogens (tertiary/aromatic N) is 4. The molecule has 0 saturated carbocycles. The fourth-order valence-corrected chi connectivity index (χ4v) is 6.17. The standard InChI is InChI=1S/C29H31ClN6O2S/c1-19(2)38-26-15-24-27(39-26)28(35-10-12-37-13-11-35)33-29(32-24)34-31-16-21-18-36(25-9-4-3-8-23(21)25)17-20-6-5-7-22(30)14-20/h3-9,14-15,18-19,31H,10-13,16-17H2,1-2H3,(H,32,33,34). The van der Waals surface area contributed by atoms with E-state index in [0.717, 1.165) is 51.3 Å². The van der Waals surface area contributed by atoms with E-state index in [9.17, 15) is 0 Å². The molecule has 1 fully saturated rings. The quantitative estimate of drug-likeness (QED) is 0.211. The van der Waals surface area contributed by atoms with Gasteiger partial charge in [-0.05, 0) is 43.2 Å². The minimum absolute atomic E-state index is 0.0955. The first-order valence-corrected chi connectivity index (χ1v) is 14.3. The van der Waals surface area contributed by atoms with Crippen LogP contribution in [0.2, 0.25) is 5.02 Å². The summed E-state index contributed by atoms with van der Waals surface area (Å²) in [5.74, 6) is 1.44. The highest BCUT2D eigenvalue weighted by molar-refractivity contribution is 7.21. The molecule has 0 spiro atoms. The van der Waals surface area contributed by atoms with Crippen molar-refractivity contribution in [1.29, 1.82) is 0 Å². The van der Waals surface area contributed by atoms with Gasteiger partial charge in [-0.15, -0.1) is 0 Å². The summed E-state index contributed by atoms with van der Waals surface area (Å²) in [6.45, 7) is 8.37. The maximum absolute atomic E-state index is 6.23. The number of benzene rings is 2. The number of hydrogen-bond acceptors (Lipinski definition) is 8. The Morgan fingerprint density at radius 1 is 1.08 bits per heavy atom. The van der Waals surface area contributed by atoms with Crippen molar-refractivity contribution in [2.24, 2.45) is 0 Å². The minimum atomic E-state index is 0.0955. The molecule has 0 radical (unpaired) electrons. The summed E-state index contributed by atoms with van der Waals surface area (Å²) in [6, 6.07) is 18.4. The van der Waals surface area contributed by atoms with Crippen LogP contribution in [0, 0.1) is 0 Å². The molecule has 2 aromatic carbocycles. The van der Waals surface area contributed by atoms with Crippen LogP contribution in [0.25, 0.3) is 21.1 Å². The summed E-state index contributed by atoms with van der Waals surface area (Å²) < 4.78 is 14.8. The van der Waals surface area contributed by atoms with Gasteiger partial charge in [0.15, 0.2) is 10.9 Å². The predicted octanol–water partition coefficient (Wildman–Crippen LogP) is 6.09. The van der Waals surface area contributed by atoms with Crippen molar-refractivity contribution in [3.05, 3.63) is 76.9 Å². The number of hydrogen-bond donors (Lipinski definition) is 2. The Morgan fingerprint density at radius 2 is 1.92 bits per heavy atom. The zero-order valence-corrected chi connectivity index (χ0v) is 23.6. The van der Waals surface area contributed by atoms with Crippen LogP contribution in [-0.2, 0) is 17.8 Å². The SMILES string of the molecule is CC(C)Oc1cc2nc(NNCc3cn(Cc4cccc(Cl)c4)c4ccccc34)nc(N3CCOCC3)c2s1. The molecule has 202 valence electrons. The molecule has 4 heterocycles. The number of nitrogens with one attached hydrogen (secondary N) is 2. The Hall–Kier alpha value is -3.37. The molecule has 39 heavy (non-hydrogen) atoms. The van der Waals surface area contributed by atoms with Crippen LogP contribution in [-0.4, -0.2) is 46.9 Å². The highest BCUT2D eigenvalue weighted by atomic mass is 35.5. The Labute approximate surface area is 236 Å². The molecule has 8 nitrogen and oxygen atoms in total. The van der Waals surface area contributed by atoms with Gasteiger partial charge >= 0.3 is 0 Å². The number of aromatic nitrogens is 3. The van der Waals surface area contributed by atoms with Gasteiger partial charge in [0, 0.05) is 54.4 Å². The van der Waals surface area contributed by atoms with E-state index in [2.05, 4.69) is 56.8 Å². The van der Waals surface area contributed by atoms with E-state index >= 15 is 0 Å². The third kappa shape index (κ3) is 5.81. The lowest BCUT2D eigenvalue weighted by atomic mass is 10.2. The first-order chi connectivity index (χ1) is 19.0. The fraction of sp³-hybridized carbons (Fsp3) is 0.310. The highest BCUT2D eigenvalue weighted by Gasteiger charge is 2.20. The lowest BCUT2D eigenvalue weighted by Gasteiger charge is -2.28. The molecule has 6 rings (SSSR count). The maximum atomic E-state index is 6.23. The minimum Gasteiger partial charge on any atom is -0.481 e. The Balaban J connectivity index is 1.23. The molecule has 1 aliphatic rings. The maximum Gasteiger partial charge on any atom is 0.239 e. The van der Waals surface area contributed by atoms with Gasteiger partial charge in [0.25, 0.3) is 0 Å². The number of rotatable bonds is 9. The smallest absolute Gasteiger partial charge is 0.239 e. The van der Waals surface area contributed by atoms with Crippen molar-refractivity contribution in [2.45, 2.75) is 33.0 Å². The van der Waals surface area contributed by atoms with Gasteiger partial charge in [-0.3, -0.25) is 5.43 Å². The average molecular weight is 563 g/mol. The van der Waals surface area contributed by atoms with Crippen LogP contribution in [0.4, 0.5) is 11.8 Å². The highest BCUT2D eigenvalue weighted by Crippen LogP contribution is 2.37. The van der Waals surface area contributed by atoms with E-state index in [4.69, 9.17) is 31.0 Å². The van der Waals surface area contributed by atoms with E-state index in [1.807, 2.05) is 38.1 Å². The molecular weight excluding hydrogens is 532 g/mol. The molecule has 0 amide bonds. The van der Waals surface area contributed by atoms with E-state index in [1.165, 1.54) is 16.5 Å². The first-order valence-electron chi connectivity index (χ1n) is 13.1. The number of hydrazine groups is 1. The predicted molar refractivity (Wildman–Crippen MR) is 159 cm³/mol. The monoisotopic (exact) mass is 562 g/mol. The third-order valence-electron chi connectivity index (χ3n) is 6.59. The number of halogens is 1. The van der Waals surface area contributed by atoms with Crippen LogP contribution < -0.4 is 20.5 Å². The topological polar surface area (TPSA) is 76.5 Å². The Bertz CT molecular complexity index is 1590. The zero-order valence-electron chi connectivity index (χ0n) is 22.0. The number of fused-ring (bicyclic) bond motifs is 2.